The van der Waals surface area contributed by atoms with Crippen molar-refractivity contribution < 1.29 is 9.84 Å². The third-order valence-corrected chi connectivity index (χ3v) is 4.95. The standard InChI is InChI=1S/C17H30N4O2S.HI/c1-3-15-10-20-16(24-15)7-8-19-17(18-4-2)21-9-14(22)12-23-11-13-5-6-13;/h10,13-14,22H,3-9,11-12H2,1-2H3,(H2,18,19,21);1H. The van der Waals surface area contributed by atoms with E-state index in [1.54, 1.807) is 11.3 Å². The molecule has 0 radical (unpaired) electrons. The smallest absolute Gasteiger partial charge is 0.191 e. The molecule has 1 atom stereocenters. The molecule has 0 spiro atoms. The van der Waals surface area contributed by atoms with Gasteiger partial charge in [0.15, 0.2) is 5.96 Å². The van der Waals surface area contributed by atoms with Gasteiger partial charge in [0.2, 0.25) is 0 Å². The van der Waals surface area contributed by atoms with Crippen LogP contribution in [0.15, 0.2) is 11.2 Å². The number of aryl methyl sites for hydroxylation is 1. The lowest BCUT2D eigenvalue weighted by Crippen LogP contribution is -2.39. The first kappa shape index (κ1) is 22.6. The summed E-state index contributed by atoms with van der Waals surface area (Å²) < 4.78 is 5.50. The molecule has 144 valence electrons. The van der Waals surface area contributed by atoms with Crippen LogP contribution in [0, 0.1) is 5.92 Å². The number of guanidine groups is 1. The maximum Gasteiger partial charge on any atom is 0.191 e. The van der Waals surface area contributed by atoms with Crippen LogP contribution in [0.1, 0.15) is 36.6 Å². The summed E-state index contributed by atoms with van der Waals surface area (Å²) in [7, 11) is 0. The summed E-state index contributed by atoms with van der Waals surface area (Å²) in [5.41, 5.74) is 0. The molecule has 8 heteroatoms. The second kappa shape index (κ2) is 12.8. The van der Waals surface area contributed by atoms with Crippen molar-refractivity contribution in [3.63, 3.8) is 0 Å². The summed E-state index contributed by atoms with van der Waals surface area (Å²) in [6, 6.07) is 0. The first-order chi connectivity index (χ1) is 11.7. The molecule has 1 heterocycles. The molecule has 0 amide bonds. The number of nitrogens with zero attached hydrogens (tertiary/aromatic N) is 2. The normalized spacial score (nSPS) is 15.6. The van der Waals surface area contributed by atoms with E-state index in [2.05, 4.69) is 27.5 Å². The molecule has 1 fully saturated rings. The molecule has 1 aromatic rings. The average molecular weight is 482 g/mol. The van der Waals surface area contributed by atoms with Crippen molar-refractivity contribution in [2.24, 2.45) is 10.9 Å². The predicted octanol–water partition coefficient (Wildman–Crippen LogP) is 2.21. The summed E-state index contributed by atoms with van der Waals surface area (Å²) in [4.78, 5) is 10.2. The van der Waals surface area contributed by atoms with Crippen molar-refractivity contribution in [2.75, 3.05) is 32.8 Å². The maximum atomic E-state index is 9.94. The van der Waals surface area contributed by atoms with Crippen molar-refractivity contribution in [3.05, 3.63) is 16.1 Å². The average Bonchev–Trinajstić information content (AvgIpc) is 3.29. The van der Waals surface area contributed by atoms with Crippen LogP contribution < -0.4 is 10.6 Å². The summed E-state index contributed by atoms with van der Waals surface area (Å²) in [5, 5.41) is 17.6. The number of aromatic nitrogens is 1. The van der Waals surface area contributed by atoms with E-state index in [1.807, 2.05) is 13.1 Å². The number of rotatable bonds is 11. The molecule has 0 aliphatic heterocycles. The van der Waals surface area contributed by atoms with E-state index in [4.69, 9.17) is 4.74 Å². The SMILES string of the molecule is CCNC(=NCC(O)COCC1CC1)NCCc1ncc(CC)s1.I. The van der Waals surface area contributed by atoms with Crippen LogP contribution in [0.2, 0.25) is 0 Å². The van der Waals surface area contributed by atoms with E-state index in [-0.39, 0.29) is 24.0 Å². The monoisotopic (exact) mass is 482 g/mol. The predicted molar refractivity (Wildman–Crippen MR) is 114 cm³/mol. The zero-order valence-corrected chi connectivity index (χ0v) is 18.3. The summed E-state index contributed by atoms with van der Waals surface area (Å²) in [5.74, 6) is 1.45. The Morgan fingerprint density at radius 2 is 2.24 bits per heavy atom. The fourth-order valence-electron chi connectivity index (χ4n) is 2.16. The van der Waals surface area contributed by atoms with Gasteiger partial charge in [0.1, 0.15) is 0 Å². The number of aliphatic hydroxyl groups excluding tert-OH is 1. The second-order valence-corrected chi connectivity index (χ2v) is 7.30. The van der Waals surface area contributed by atoms with Gasteiger partial charge in [0.05, 0.1) is 24.3 Å². The minimum Gasteiger partial charge on any atom is -0.389 e. The fourth-order valence-corrected chi connectivity index (χ4v) is 3.02. The van der Waals surface area contributed by atoms with Gasteiger partial charge < -0.3 is 20.5 Å². The maximum absolute atomic E-state index is 9.94. The Labute approximate surface area is 171 Å². The van der Waals surface area contributed by atoms with Crippen molar-refractivity contribution in [2.45, 2.75) is 45.6 Å². The molecule has 0 saturated heterocycles. The molecular weight excluding hydrogens is 451 g/mol. The first-order valence-corrected chi connectivity index (χ1v) is 9.74. The Kier molecular flexibility index (Phi) is 11.6. The van der Waals surface area contributed by atoms with E-state index >= 15 is 0 Å². The minimum absolute atomic E-state index is 0. The third-order valence-electron chi connectivity index (χ3n) is 3.75. The number of aliphatic imine (C=N–C) groups is 1. The molecule has 2 rings (SSSR count). The van der Waals surface area contributed by atoms with E-state index in [0.717, 1.165) is 49.4 Å². The van der Waals surface area contributed by atoms with Crippen LogP contribution in [0.4, 0.5) is 0 Å². The van der Waals surface area contributed by atoms with Gasteiger partial charge in [-0.1, -0.05) is 6.92 Å². The van der Waals surface area contributed by atoms with Crippen LogP contribution in [0.3, 0.4) is 0 Å². The zero-order valence-electron chi connectivity index (χ0n) is 15.2. The molecule has 0 aromatic carbocycles. The number of hydrogen-bond donors (Lipinski definition) is 3. The van der Waals surface area contributed by atoms with Gasteiger partial charge in [-0.05, 0) is 32.1 Å². The molecule has 1 unspecified atom stereocenters. The van der Waals surface area contributed by atoms with Crippen LogP contribution in [0.5, 0.6) is 0 Å². The Morgan fingerprint density at radius 3 is 2.88 bits per heavy atom. The lowest BCUT2D eigenvalue weighted by Gasteiger charge is -2.13. The molecule has 1 aliphatic carbocycles. The highest BCUT2D eigenvalue weighted by Gasteiger charge is 2.21. The molecule has 0 bridgehead atoms. The summed E-state index contributed by atoms with van der Waals surface area (Å²) in [6.45, 7) is 7.21. The molecule has 1 saturated carbocycles. The summed E-state index contributed by atoms with van der Waals surface area (Å²) >= 11 is 1.76. The molecular formula is C17H31IN4O2S. The van der Waals surface area contributed by atoms with Gasteiger partial charge in [0.25, 0.3) is 0 Å². The van der Waals surface area contributed by atoms with Gasteiger partial charge in [-0.25, -0.2) is 4.98 Å². The Morgan fingerprint density at radius 1 is 1.44 bits per heavy atom. The number of ether oxygens (including phenoxy) is 1. The van der Waals surface area contributed by atoms with Crippen molar-refractivity contribution in [1.29, 1.82) is 0 Å². The molecule has 3 N–H and O–H groups in total. The molecule has 1 aromatic heterocycles. The lowest BCUT2D eigenvalue weighted by atomic mass is 10.4. The summed E-state index contributed by atoms with van der Waals surface area (Å²) in [6.07, 6.45) is 5.85. The largest absolute Gasteiger partial charge is 0.389 e. The Hall–Kier alpha value is -0.450. The van der Waals surface area contributed by atoms with Gasteiger partial charge in [-0.2, -0.15) is 0 Å². The molecule has 25 heavy (non-hydrogen) atoms. The van der Waals surface area contributed by atoms with Crippen molar-refractivity contribution in [1.82, 2.24) is 15.6 Å². The number of thiazole rings is 1. The number of nitrogens with one attached hydrogen (secondary N) is 2. The van der Waals surface area contributed by atoms with Crippen molar-refractivity contribution >= 4 is 41.3 Å². The highest BCUT2D eigenvalue weighted by atomic mass is 127. The second-order valence-electron chi connectivity index (χ2n) is 6.10. The lowest BCUT2D eigenvalue weighted by molar-refractivity contribution is 0.0368. The van der Waals surface area contributed by atoms with Gasteiger partial charge in [-0.3, -0.25) is 4.99 Å². The highest BCUT2D eigenvalue weighted by molar-refractivity contribution is 14.0. The van der Waals surface area contributed by atoms with E-state index in [1.165, 1.54) is 17.7 Å². The van der Waals surface area contributed by atoms with E-state index < -0.39 is 6.10 Å². The van der Waals surface area contributed by atoms with Crippen LogP contribution in [0.25, 0.3) is 0 Å². The van der Waals surface area contributed by atoms with Crippen LogP contribution >= 0.6 is 35.3 Å². The van der Waals surface area contributed by atoms with Crippen LogP contribution in [-0.4, -0.2) is 55.0 Å². The fraction of sp³-hybridized carbons (Fsp3) is 0.765. The van der Waals surface area contributed by atoms with E-state index in [9.17, 15) is 5.11 Å². The minimum atomic E-state index is -0.551. The number of hydrogen-bond acceptors (Lipinski definition) is 5. The van der Waals surface area contributed by atoms with E-state index in [0.29, 0.717) is 13.2 Å². The quantitative estimate of drug-likeness (QED) is 0.256. The van der Waals surface area contributed by atoms with Gasteiger partial charge >= 0.3 is 0 Å². The topological polar surface area (TPSA) is 78.8 Å². The number of aliphatic hydroxyl groups is 1. The highest BCUT2D eigenvalue weighted by Crippen LogP contribution is 2.28. The molecule has 1 aliphatic rings. The van der Waals surface area contributed by atoms with Gasteiger partial charge in [-0.15, -0.1) is 35.3 Å². The Balaban J connectivity index is 0.00000312. The first-order valence-electron chi connectivity index (χ1n) is 8.92. The Bertz CT molecular complexity index is 509. The van der Waals surface area contributed by atoms with Gasteiger partial charge in [0, 0.05) is 37.2 Å². The van der Waals surface area contributed by atoms with Crippen molar-refractivity contribution in [3.8, 4) is 0 Å². The number of halogens is 1. The third kappa shape index (κ3) is 9.72. The molecule has 6 nitrogen and oxygen atoms in total. The van der Waals surface area contributed by atoms with Crippen LogP contribution in [-0.2, 0) is 17.6 Å². The zero-order chi connectivity index (χ0) is 17.2.